The zero-order valence-corrected chi connectivity index (χ0v) is 18.5. The molecule has 1 spiro atoms. The van der Waals surface area contributed by atoms with Crippen LogP contribution in [0.5, 0.6) is 0 Å². The Morgan fingerprint density at radius 1 is 1.19 bits per heavy atom. The predicted molar refractivity (Wildman–Crippen MR) is 119 cm³/mol. The molecule has 2 N–H and O–H groups in total. The van der Waals surface area contributed by atoms with Gasteiger partial charge in [-0.2, -0.15) is 5.10 Å². The van der Waals surface area contributed by atoms with E-state index in [-0.39, 0.29) is 5.60 Å². The van der Waals surface area contributed by atoms with Gasteiger partial charge in [0.05, 0.1) is 29.1 Å². The molecule has 2 aromatic rings. The molecule has 0 radical (unpaired) electrons. The lowest BCUT2D eigenvalue weighted by atomic mass is 9.82. The first-order chi connectivity index (χ1) is 15.2. The average Bonchev–Trinajstić information content (AvgIpc) is 3.41. The molecule has 1 saturated carbocycles. The number of nitrogens with zero attached hydrogens (tertiary/aromatic N) is 3. The zero-order valence-electron chi connectivity index (χ0n) is 18.5. The number of aromatic nitrogens is 3. The molecule has 2 fully saturated rings. The van der Waals surface area contributed by atoms with Crippen LogP contribution < -0.4 is 10.8 Å². The number of nitrogens with one attached hydrogen (secondary N) is 2. The first kappa shape index (κ1) is 20.7. The van der Waals surface area contributed by atoms with E-state index in [9.17, 15) is 0 Å². The number of hydrogen-bond donors (Lipinski definition) is 2. The maximum absolute atomic E-state index is 6.16. The molecular formula is C23H33N5O3. The minimum Gasteiger partial charge on any atom is -0.381 e. The van der Waals surface area contributed by atoms with Crippen LogP contribution in [0.3, 0.4) is 0 Å². The van der Waals surface area contributed by atoms with Gasteiger partial charge in [0.1, 0.15) is 5.60 Å². The summed E-state index contributed by atoms with van der Waals surface area (Å²) >= 11 is 0. The van der Waals surface area contributed by atoms with Gasteiger partial charge in [-0.05, 0) is 58.4 Å². The van der Waals surface area contributed by atoms with E-state index in [0.29, 0.717) is 12.1 Å². The number of hydrogen-bond acceptors (Lipinski definition) is 7. The smallest absolute Gasteiger partial charge is 0.159 e. The van der Waals surface area contributed by atoms with E-state index in [1.807, 2.05) is 17.1 Å². The van der Waals surface area contributed by atoms with E-state index in [2.05, 4.69) is 35.8 Å². The second-order valence-corrected chi connectivity index (χ2v) is 8.76. The topological polar surface area (TPSA) is 82.5 Å². The van der Waals surface area contributed by atoms with Gasteiger partial charge >= 0.3 is 0 Å². The molecule has 0 amide bonds. The Labute approximate surface area is 183 Å². The predicted octanol–water partition coefficient (Wildman–Crippen LogP) is 3.64. The van der Waals surface area contributed by atoms with Gasteiger partial charge in [0.25, 0.3) is 0 Å². The van der Waals surface area contributed by atoms with E-state index in [0.717, 1.165) is 92.9 Å². The van der Waals surface area contributed by atoms with Gasteiger partial charge in [0.15, 0.2) is 5.65 Å². The van der Waals surface area contributed by atoms with Crippen molar-refractivity contribution in [2.45, 2.75) is 76.7 Å². The number of pyridine rings is 1. The third-order valence-electron chi connectivity index (χ3n) is 6.78. The molecule has 0 bridgehead atoms. The highest BCUT2D eigenvalue weighted by Crippen LogP contribution is 2.41. The van der Waals surface area contributed by atoms with Crippen LogP contribution in [0.25, 0.3) is 16.7 Å². The summed E-state index contributed by atoms with van der Waals surface area (Å²) in [6, 6.07) is 0.376. The summed E-state index contributed by atoms with van der Waals surface area (Å²) in [5, 5.41) is 9.39. The summed E-state index contributed by atoms with van der Waals surface area (Å²) < 4.78 is 13.3. The summed E-state index contributed by atoms with van der Waals surface area (Å²) in [5.74, 6) is 0. The van der Waals surface area contributed by atoms with Gasteiger partial charge in [-0.1, -0.05) is 0 Å². The number of aryl methyl sites for hydroxylation is 1. The van der Waals surface area contributed by atoms with E-state index in [1.54, 1.807) is 0 Å². The Bertz CT molecular complexity index is 942. The van der Waals surface area contributed by atoms with Crippen molar-refractivity contribution in [2.75, 3.05) is 25.1 Å². The lowest BCUT2D eigenvalue weighted by Crippen LogP contribution is -2.37. The van der Waals surface area contributed by atoms with Crippen molar-refractivity contribution < 1.29 is 14.3 Å². The van der Waals surface area contributed by atoms with Gasteiger partial charge in [-0.3, -0.25) is 10.3 Å². The zero-order chi connectivity index (χ0) is 21.3. The highest BCUT2D eigenvalue weighted by molar-refractivity contribution is 5.95. The third kappa shape index (κ3) is 4.04. The maximum Gasteiger partial charge on any atom is 0.159 e. The fraction of sp³-hybridized carbons (Fsp3) is 0.652. The second kappa shape index (κ2) is 8.76. The monoisotopic (exact) mass is 427 g/mol. The van der Waals surface area contributed by atoms with E-state index < -0.39 is 0 Å². The minimum absolute atomic E-state index is 0.262. The van der Waals surface area contributed by atoms with E-state index >= 15 is 0 Å². The molecule has 2 aromatic heterocycles. The highest BCUT2D eigenvalue weighted by atomic mass is 16.7. The van der Waals surface area contributed by atoms with Crippen molar-refractivity contribution in [2.24, 2.45) is 0 Å². The molecule has 0 atom stereocenters. The van der Waals surface area contributed by atoms with Crippen LogP contribution in [-0.4, -0.2) is 52.3 Å². The Morgan fingerprint density at radius 2 is 2.00 bits per heavy atom. The number of rotatable bonds is 6. The largest absolute Gasteiger partial charge is 0.381 e. The summed E-state index contributed by atoms with van der Waals surface area (Å²) in [4.78, 5) is 10.9. The highest BCUT2D eigenvalue weighted by Gasteiger charge is 2.40. The summed E-state index contributed by atoms with van der Waals surface area (Å²) in [6.07, 6.45) is 12.4. The fourth-order valence-electron chi connectivity index (χ4n) is 5.00. The molecule has 8 nitrogen and oxygen atoms in total. The summed E-state index contributed by atoms with van der Waals surface area (Å²) in [5.41, 5.74) is 6.99. The number of fused-ring (bicyclic) bond motifs is 1. The summed E-state index contributed by atoms with van der Waals surface area (Å²) in [6.45, 7) is 7.31. The normalized spacial score (nSPS) is 26.9. The van der Waals surface area contributed by atoms with Gasteiger partial charge in [-0.25, -0.2) is 9.67 Å². The van der Waals surface area contributed by atoms with Gasteiger partial charge in [0, 0.05) is 44.2 Å². The van der Waals surface area contributed by atoms with Crippen LogP contribution in [-0.2, 0) is 20.9 Å². The second-order valence-electron chi connectivity index (χ2n) is 8.76. The Morgan fingerprint density at radius 3 is 2.74 bits per heavy atom. The lowest BCUT2D eigenvalue weighted by molar-refractivity contribution is -0.0849. The van der Waals surface area contributed by atoms with Gasteiger partial charge in [-0.15, -0.1) is 0 Å². The lowest BCUT2D eigenvalue weighted by Gasteiger charge is -2.33. The third-order valence-corrected chi connectivity index (χ3v) is 6.78. The van der Waals surface area contributed by atoms with Crippen LogP contribution in [0.1, 0.15) is 57.9 Å². The van der Waals surface area contributed by atoms with Gasteiger partial charge in [0.2, 0.25) is 0 Å². The van der Waals surface area contributed by atoms with Crippen molar-refractivity contribution in [3.63, 3.8) is 0 Å². The Hall–Kier alpha value is -2.16. The molecule has 4 heterocycles. The van der Waals surface area contributed by atoms with Crippen LogP contribution >= 0.6 is 0 Å². The Balaban J connectivity index is 1.47. The first-order valence-electron chi connectivity index (χ1n) is 11.7. The molecule has 1 saturated heterocycles. The standard InChI is InChI=1S/C23H33N5O3/c1-3-28-22-19(15-25-28)21(26-16-7-11-29-12-8-16)18(14-24-22)20-13-23(31-27-20)9-5-17(6-10-23)30-4-2/h13-17,27H,3-12H2,1-2H3,(H,24,26). The van der Waals surface area contributed by atoms with Crippen molar-refractivity contribution in [1.29, 1.82) is 0 Å². The van der Waals surface area contributed by atoms with Crippen LogP contribution in [0, 0.1) is 0 Å². The fourth-order valence-corrected chi connectivity index (χ4v) is 5.00. The van der Waals surface area contributed by atoms with Crippen LogP contribution in [0.15, 0.2) is 18.5 Å². The molecule has 2 aliphatic heterocycles. The Kier molecular flexibility index (Phi) is 5.86. The molecule has 3 aliphatic rings. The average molecular weight is 428 g/mol. The molecular weight excluding hydrogens is 394 g/mol. The molecule has 1 aliphatic carbocycles. The molecule has 0 unspecified atom stereocenters. The molecule has 5 rings (SSSR count). The van der Waals surface area contributed by atoms with Crippen LogP contribution in [0.4, 0.5) is 5.69 Å². The van der Waals surface area contributed by atoms with E-state index in [1.165, 1.54) is 0 Å². The number of anilines is 1. The first-order valence-corrected chi connectivity index (χ1v) is 11.7. The molecule has 168 valence electrons. The number of hydroxylamine groups is 1. The molecule has 31 heavy (non-hydrogen) atoms. The quantitative estimate of drug-likeness (QED) is 0.728. The van der Waals surface area contributed by atoms with Crippen molar-refractivity contribution in [3.8, 4) is 0 Å². The van der Waals surface area contributed by atoms with Crippen molar-refractivity contribution in [1.82, 2.24) is 20.2 Å². The molecule has 0 aromatic carbocycles. The van der Waals surface area contributed by atoms with Gasteiger partial charge < -0.3 is 14.8 Å². The SMILES string of the molecule is CCOC1CCC2(C=C(c3cnc4c(cnn4CC)c3NC3CCOCC3)NO2)CC1. The maximum atomic E-state index is 6.16. The van der Waals surface area contributed by atoms with Crippen molar-refractivity contribution >= 4 is 22.4 Å². The summed E-state index contributed by atoms with van der Waals surface area (Å²) in [7, 11) is 0. The number of ether oxygens (including phenoxy) is 2. The minimum atomic E-state index is -0.262. The molecule has 8 heteroatoms. The van der Waals surface area contributed by atoms with Crippen molar-refractivity contribution in [3.05, 3.63) is 24.0 Å². The van der Waals surface area contributed by atoms with Crippen LogP contribution in [0.2, 0.25) is 0 Å². The van der Waals surface area contributed by atoms with E-state index in [4.69, 9.17) is 19.3 Å².